The first-order valence-corrected chi connectivity index (χ1v) is 10.2. The molecule has 0 N–H and O–H groups in total. The van der Waals surface area contributed by atoms with Crippen molar-refractivity contribution in [1.82, 2.24) is 14.6 Å². The van der Waals surface area contributed by atoms with E-state index in [1.807, 2.05) is 0 Å². The molecule has 27 heavy (non-hydrogen) atoms. The van der Waals surface area contributed by atoms with Crippen LogP contribution >= 0.6 is 0 Å². The summed E-state index contributed by atoms with van der Waals surface area (Å²) in [6.45, 7) is 11.2. The molecular weight excluding hydrogens is 330 g/mol. The van der Waals surface area contributed by atoms with Gasteiger partial charge in [-0.1, -0.05) is 64.4 Å². The van der Waals surface area contributed by atoms with Crippen molar-refractivity contribution in [2.75, 3.05) is 0 Å². The van der Waals surface area contributed by atoms with Crippen molar-refractivity contribution in [3.8, 4) is 0 Å². The van der Waals surface area contributed by atoms with Crippen LogP contribution in [0.1, 0.15) is 63.9 Å². The van der Waals surface area contributed by atoms with E-state index in [-0.39, 0.29) is 5.41 Å². The molecule has 0 saturated carbocycles. The molecule has 0 spiro atoms. The number of benzene rings is 2. The zero-order valence-corrected chi connectivity index (χ0v) is 17.1. The summed E-state index contributed by atoms with van der Waals surface area (Å²) in [5.74, 6) is 1.06. The first-order chi connectivity index (χ1) is 13.0. The first kappa shape index (κ1) is 18.0. The van der Waals surface area contributed by atoms with Crippen LogP contribution in [0.25, 0.3) is 27.3 Å². The zero-order valence-electron chi connectivity index (χ0n) is 17.1. The van der Waals surface area contributed by atoms with Gasteiger partial charge < -0.3 is 0 Å². The van der Waals surface area contributed by atoms with Crippen LogP contribution < -0.4 is 0 Å². The smallest absolute Gasteiger partial charge is 0.169 e. The Kier molecular flexibility index (Phi) is 4.41. The molecule has 0 aliphatic rings. The van der Waals surface area contributed by atoms with E-state index in [1.54, 1.807) is 0 Å². The average molecular weight is 360 g/mol. The van der Waals surface area contributed by atoms with E-state index in [0.717, 1.165) is 24.3 Å². The van der Waals surface area contributed by atoms with Gasteiger partial charge in [0.25, 0.3) is 0 Å². The zero-order chi connectivity index (χ0) is 19.2. The summed E-state index contributed by atoms with van der Waals surface area (Å²) in [5.41, 5.74) is 4.94. The third-order valence-electron chi connectivity index (χ3n) is 6.01. The summed E-state index contributed by atoms with van der Waals surface area (Å²) in [6, 6.07) is 13.4. The molecule has 0 aliphatic carbocycles. The van der Waals surface area contributed by atoms with Gasteiger partial charge in [0.1, 0.15) is 5.82 Å². The normalized spacial score (nSPS) is 12.5. The van der Waals surface area contributed by atoms with Crippen LogP contribution in [0.3, 0.4) is 0 Å². The largest absolute Gasteiger partial charge is 0.278 e. The van der Waals surface area contributed by atoms with Crippen molar-refractivity contribution in [1.29, 1.82) is 0 Å². The van der Waals surface area contributed by atoms with E-state index in [1.165, 1.54) is 45.6 Å². The van der Waals surface area contributed by atoms with Crippen LogP contribution in [0, 0.1) is 6.92 Å². The van der Waals surface area contributed by atoms with Gasteiger partial charge in [0.05, 0.1) is 5.52 Å². The number of hydrogen-bond donors (Lipinski definition) is 0. The molecule has 0 bridgehead atoms. The highest BCUT2D eigenvalue weighted by atomic mass is 15.3. The average Bonchev–Trinajstić information content (AvgIpc) is 3.12. The molecule has 2 aromatic heterocycles. The van der Waals surface area contributed by atoms with E-state index in [4.69, 9.17) is 0 Å². The number of fused-ring (bicyclic) bond motifs is 6. The molecule has 0 unspecified atom stereocenters. The monoisotopic (exact) mass is 359 g/mol. The molecule has 0 radical (unpaired) electrons. The van der Waals surface area contributed by atoms with Crippen molar-refractivity contribution in [3.05, 3.63) is 53.3 Å². The fourth-order valence-electron chi connectivity index (χ4n) is 4.06. The summed E-state index contributed by atoms with van der Waals surface area (Å²) < 4.78 is 2.32. The van der Waals surface area contributed by atoms with E-state index < -0.39 is 0 Å². The van der Waals surface area contributed by atoms with Crippen molar-refractivity contribution < 1.29 is 0 Å². The van der Waals surface area contributed by atoms with Gasteiger partial charge in [-0.3, -0.25) is 4.40 Å². The maximum absolute atomic E-state index is 4.66. The molecular formula is C24H29N3. The van der Waals surface area contributed by atoms with Crippen LogP contribution in [0.5, 0.6) is 0 Å². The molecule has 140 valence electrons. The molecule has 0 atom stereocenters. The second-order valence-electron chi connectivity index (χ2n) is 8.38. The van der Waals surface area contributed by atoms with Crippen LogP contribution in [0.2, 0.25) is 0 Å². The lowest BCUT2D eigenvalue weighted by atomic mass is 9.89. The van der Waals surface area contributed by atoms with Crippen molar-refractivity contribution in [2.45, 2.75) is 65.7 Å². The highest BCUT2D eigenvalue weighted by molar-refractivity contribution is 6.12. The highest BCUT2D eigenvalue weighted by Gasteiger charge is 2.27. The Morgan fingerprint density at radius 2 is 1.70 bits per heavy atom. The lowest BCUT2D eigenvalue weighted by Crippen LogP contribution is -2.20. The molecule has 0 aliphatic heterocycles. The SMILES string of the molecule is CCCCc1cc(C)c2c(c1)c1ccccc1c1nnc(C(C)(C)CC)n12. The van der Waals surface area contributed by atoms with Crippen LogP contribution in [-0.2, 0) is 11.8 Å². The van der Waals surface area contributed by atoms with Gasteiger partial charge in [-0.15, -0.1) is 10.2 Å². The van der Waals surface area contributed by atoms with Gasteiger partial charge in [0, 0.05) is 16.2 Å². The lowest BCUT2D eigenvalue weighted by molar-refractivity contribution is 0.470. The third kappa shape index (κ3) is 2.80. The number of pyridine rings is 1. The standard InChI is InChI=1S/C24H29N3/c1-6-8-11-17-14-16(3)21-20(15-17)18-12-9-10-13-19(18)22-25-26-23(27(21)22)24(4,5)7-2/h9-10,12-15H,6-8,11H2,1-5H3. The molecule has 2 aromatic carbocycles. The Hall–Kier alpha value is -2.42. The van der Waals surface area contributed by atoms with Crippen LogP contribution in [0.15, 0.2) is 36.4 Å². The second-order valence-corrected chi connectivity index (χ2v) is 8.38. The fourth-order valence-corrected chi connectivity index (χ4v) is 4.06. The summed E-state index contributed by atoms with van der Waals surface area (Å²) >= 11 is 0. The minimum absolute atomic E-state index is 0.0257. The molecule has 0 amide bonds. The summed E-state index contributed by atoms with van der Waals surface area (Å²) in [4.78, 5) is 0. The van der Waals surface area contributed by atoms with Crippen LogP contribution in [-0.4, -0.2) is 14.6 Å². The predicted octanol–water partition coefficient (Wildman–Crippen LogP) is 6.37. The van der Waals surface area contributed by atoms with E-state index >= 15 is 0 Å². The molecule has 0 saturated heterocycles. The number of aryl methyl sites for hydroxylation is 2. The third-order valence-corrected chi connectivity index (χ3v) is 6.01. The van der Waals surface area contributed by atoms with Gasteiger partial charge in [0.15, 0.2) is 5.65 Å². The minimum Gasteiger partial charge on any atom is -0.278 e. The molecule has 2 heterocycles. The quantitative estimate of drug-likeness (QED) is 0.387. The maximum atomic E-state index is 4.66. The molecule has 3 heteroatoms. The van der Waals surface area contributed by atoms with Crippen molar-refractivity contribution in [2.24, 2.45) is 0 Å². The summed E-state index contributed by atoms with van der Waals surface area (Å²) in [5, 5.41) is 13.1. The van der Waals surface area contributed by atoms with Crippen molar-refractivity contribution >= 4 is 27.3 Å². The number of aromatic nitrogens is 3. The summed E-state index contributed by atoms with van der Waals surface area (Å²) in [6.07, 6.45) is 4.61. The van der Waals surface area contributed by atoms with Gasteiger partial charge in [0.2, 0.25) is 0 Å². The Morgan fingerprint density at radius 1 is 0.963 bits per heavy atom. The lowest BCUT2D eigenvalue weighted by Gasteiger charge is -2.22. The molecule has 0 fully saturated rings. The summed E-state index contributed by atoms with van der Waals surface area (Å²) in [7, 11) is 0. The predicted molar refractivity (Wildman–Crippen MR) is 115 cm³/mol. The number of rotatable bonds is 5. The second kappa shape index (κ2) is 6.63. The Balaban J connectivity index is 2.18. The topological polar surface area (TPSA) is 30.2 Å². The van der Waals surface area contributed by atoms with E-state index in [2.05, 4.69) is 85.6 Å². The first-order valence-electron chi connectivity index (χ1n) is 10.2. The molecule has 4 rings (SSSR count). The van der Waals surface area contributed by atoms with Gasteiger partial charge in [-0.05, 0) is 48.8 Å². The maximum Gasteiger partial charge on any atom is 0.169 e. The molecule has 3 nitrogen and oxygen atoms in total. The van der Waals surface area contributed by atoms with E-state index in [9.17, 15) is 0 Å². The highest BCUT2D eigenvalue weighted by Crippen LogP contribution is 2.35. The number of hydrogen-bond acceptors (Lipinski definition) is 2. The minimum atomic E-state index is -0.0257. The number of nitrogens with zero attached hydrogens (tertiary/aromatic N) is 3. The van der Waals surface area contributed by atoms with Crippen molar-refractivity contribution in [3.63, 3.8) is 0 Å². The van der Waals surface area contributed by atoms with Gasteiger partial charge in [-0.25, -0.2) is 0 Å². The Morgan fingerprint density at radius 3 is 2.41 bits per heavy atom. The van der Waals surface area contributed by atoms with Crippen LogP contribution in [0.4, 0.5) is 0 Å². The van der Waals surface area contributed by atoms with Gasteiger partial charge in [-0.2, -0.15) is 0 Å². The molecule has 4 aromatic rings. The van der Waals surface area contributed by atoms with Gasteiger partial charge >= 0.3 is 0 Å². The number of unbranched alkanes of at least 4 members (excludes halogenated alkanes) is 1. The Bertz CT molecular complexity index is 1130. The van der Waals surface area contributed by atoms with E-state index in [0.29, 0.717) is 0 Å². The Labute approximate surface area is 161 Å². The fraction of sp³-hybridized carbons (Fsp3) is 0.417.